The van der Waals surface area contributed by atoms with Gasteiger partial charge < -0.3 is 19.9 Å². The summed E-state index contributed by atoms with van der Waals surface area (Å²) < 4.78 is 6.01. The number of carbonyl (C=O) groups is 2. The summed E-state index contributed by atoms with van der Waals surface area (Å²) in [6.07, 6.45) is 2.61. The third-order valence-electron chi connectivity index (χ3n) is 5.25. The van der Waals surface area contributed by atoms with E-state index in [0.717, 1.165) is 38.0 Å². The second kappa shape index (κ2) is 11.0. The first-order valence-corrected chi connectivity index (χ1v) is 11.3. The molecular weight excluding hydrogens is 414 g/mol. The fourth-order valence-corrected chi connectivity index (χ4v) is 4.03. The number of ether oxygens (including phenoxy) is 1. The van der Waals surface area contributed by atoms with Gasteiger partial charge in [-0.1, -0.05) is 43.6 Å². The number of hydrogen-bond acceptors (Lipinski definition) is 4. The highest BCUT2D eigenvalue weighted by Gasteiger charge is 2.34. The van der Waals surface area contributed by atoms with Gasteiger partial charge in [-0.25, -0.2) is 0 Å². The number of piperidine rings is 1. The van der Waals surface area contributed by atoms with Crippen molar-refractivity contribution in [2.45, 2.75) is 39.2 Å². The van der Waals surface area contributed by atoms with E-state index in [9.17, 15) is 9.59 Å². The number of hydrogen-bond donors (Lipinski definition) is 1. The quantitative estimate of drug-likeness (QED) is 0.751. The average Bonchev–Trinajstić information content (AvgIpc) is 2.80. The number of nitrogens with zero attached hydrogens (tertiary/aromatic N) is 2. The van der Waals surface area contributed by atoms with Gasteiger partial charge in [-0.05, 0) is 49.6 Å². The van der Waals surface area contributed by atoms with E-state index in [2.05, 4.69) is 5.32 Å². The van der Waals surface area contributed by atoms with Crippen molar-refractivity contribution in [3.63, 3.8) is 0 Å². The molecule has 0 aliphatic carbocycles. The molecule has 1 unspecified atom stereocenters. The van der Waals surface area contributed by atoms with Crippen LogP contribution in [0.5, 0.6) is 5.75 Å². The van der Waals surface area contributed by atoms with E-state index in [-0.39, 0.29) is 18.4 Å². The Labute approximate surface area is 189 Å². The van der Waals surface area contributed by atoms with Gasteiger partial charge in [0.15, 0.2) is 6.10 Å². The highest BCUT2D eigenvalue weighted by molar-refractivity contribution is 6.30. The summed E-state index contributed by atoms with van der Waals surface area (Å²) >= 11 is 5.99. The molecular formula is C24H30ClN3O3. The smallest absolute Gasteiger partial charge is 0.265 e. The van der Waals surface area contributed by atoms with Crippen LogP contribution in [-0.2, 0) is 9.59 Å². The van der Waals surface area contributed by atoms with Crippen molar-refractivity contribution in [3.05, 3.63) is 53.6 Å². The van der Waals surface area contributed by atoms with Crippen LogP contribution in [0, 0.1) is 0 Å². The van der Waals surface area contributed by atoms with E-state index >= 15 is 0 Å². The van der Waals surface area contributed by atoms with Crippen LogP contribution in [-0.4, -0.2) is 49.0 Å². The minimum Gasteiger partial charge on any atom is -0.477 e. The van der Waals surface area contributed by atoms with Gasteiger partial charge in [0.1, 0.15) is 5.75 Å². The van der Waals surface area contributed by atoms with Gasteiger partial charge in [-0.15, -0.1) is 0 Å². The monoisotopic (exact) mass is 443 g/mol. The van der Waals surface area contributed by atoms with Crippen LogP contribution in [0.1, 0.15) is 33.1 Å². The molecule has 0 spiro atoms. The second-order valence-electron chi connectivity index (χ2n) is 7.40. The second-order valence-corrected chi connectivity index (χ2v) is 7.84. The van der Waals surface area contributed by atoms with Gasteiger partial charge in [0.25, 0.3) is 5.91 Å². The van der Waals surface area contributed by atoms with Crippen LogP contribution in [0.3, 0.4) is 0 Å². The molecule has 2 amide bonds. The number of halogens is 1. The van der Waals surface area contributed by atoms with E-state index in [1.165, 1.54) is 0 Å². The molecule has 0 saturated carbocycles. The van der Waals surface area contributed by atoms with Crippen molar-refractivity contribution < 1.29 is 14.3 Å². The number of amides is 2. The molecule has 2 aliphatic heterocycles. The molecule has 1 saturated heterocycles. The standard InChI is InChI=1S/C22H24ClN3O3.C2H6/c23-16-7-6-8-17(13-16)24-21(27)15-26-14-20(22(28)25-11-4-1-5-12-25)29-19-10-3-2-9-18(19)26;1-2/h2-3,6-10,13,20H,1,4-5,11-12,14-15H2,(H,24,27);1-2H3. The molecule has 1 N–H and O–H groups in total. The number of para-hydroxylation sites is 2. The van der Waals surface area contributed by atoms with Gasteiger partial charge in [0.05, 0.1) is 18.8 Å². The zero-order valence-corrected chi connectivity index (χ0v) is 18.9. The minimum atomic E-state index is -0.609. The number of nitrogens with one attached hydrogen (secondary N) is 1. The lowest BCUT2D eigenvalue weighted by molar-refractivity contribution is -0.139. The van der Waals surface area contributed by atoms with Gasteiger partial charge in [0, 0.05) is 23.8 Å². The zero-order chi connectivity index (χ0) is 22.2. The van der Waals surface area contributed by atoms with Crippen LogP contribution >= 0.6 is 11.6 Å². The Hall–Kier alpha value is -2.73. The van der Waals surface area contributed by atoms with E-state index in [1.54, 1.807) is 24.3 Å². The maximum absolute atomic E-state index is 13.0. The molecule has 7 heteroatoms. The van der Waals surface area contributed by atoms with Crippen molar-refractivity contribution in [3.8, 4) is 5.75 Å². The first-order valence-electron chi connectivity index (χ1n) is 10.9. The summed E-state index contributed by atoms with van der Waals surface area (Å²) in [5, 5.41) is 3.43. The maximum atomic E-state index is 13.0. The summed E-state index contributed by atoms with van der Waals surface area (Å²) in [5.41, 5.74) is 1.46. The Bertz CT molecular complexity index is 899. The van der Waals surface area contributed by atoms with Crippen LogP contribution in [0.15, 0.2) is 48.5 Å². The molecule has 31 heavy (non-hydrogen) atoms. The first kappa shape index (κ1) is 22.9. The van der Waals surface area contributed by atoms with Gasteiger partial charge in [-0.2, -0.15) is 0 Å². The van der Waals surface area contributed by atoms with E-state index in [4.69, 9.17) is 16.3 Å². The van der Waals surface area contributed by atoms with Gasteiger partial charge in [0.2, 0.25) is 5.91 Å². The van der Waals surface area contributed by atoms with Crippen molar-refractivity contribution in [2.75, 3.05) is 36.4 Å². The van der Waals surface area contributed by atoms with E-state index < -0.39 is 6.10 Å². The topological polar surface area (TPSA) is 61.9 Å². The number of likely N-dealkylation sites (tertiary alicyclic amines) is 1. The molecule has 0 aromatic heterocycles. The number of rotatable bonds is 4. The molecule has 2 aromatic carbocycles. The van der Waals surface area contributed by atoms with E-state index in [0.29, 0.717) is 23.0 Å². The number of anilines is 2. The first-order chi connectivity index (χ1) is 15.1. The summed E-state index contributed by atoms with van der Waals surface area (Å²) in [6, 6.07) is 14.6. The molecule has 2 aliphatic rings. The van der Waals surface area contributed by atoms with Crippen LogP contribution < -0.4 is 15.0 Å². The van der Waals surface area contributed by atoms with E-state index in [1.807, 2.05) is 47.9 Å². The molecule has 4 rings (SSSR count). The third kappa shape index (κ3) is 5.91. The lowest BCUT2D eigenvalue weighted by atomic mass is 10.1. The summed E-state index contributed by atoms with van der Waals surface area (Å²) in [7, 11) is 0. The Morgan fingerprint density at radius 1 is 1.06 bits per heavy atom. The Balaban J connectivity index is 0.00000132. The largest absolute Gasteiger partial charge is 0.477 e. The lowest BCUT2D eigenvalue weighted by Crippen LogP contribution is -2.52. The van der Waals surface area contributed by atoms with Crippen LogP contribution in [0.4, 0.5) is 11.4 Å². The molecule has 1 atom stereocenters. The fraction of sp³-hybridized carbons (Fsp3) is 0.417. The molecule has 1 fully saturated rings. The minimum absolute atomic E-state index is 0.000507. The number of fused-ring (bicyclic) bond motifs is 1. The molecule has 2 heterocycles. The van der Waals surface area contributed by atoms with Crippen molar-refractivity contribution in [1.82, 2.24) is 4.90 Å². The normalized spacial score (nSPS) is 17.6. The Morgan fingerprint density at radius 3 is 2.55 bits per heavy atom. The van der Waals surface area contributed by atoms with Gasteiger partial charge >= 0.3 is 0 Å². The van der Waals surface area contributed by atoms with Crippen LogP contribution in [0.25, 0.3) is 0 Å². The predicted molar refractivity (Wildman–Crippen MR) is 125 cm³/mol. The Morgan fingerprint density at radius 2 is 1.81 bits per heavy atom. The lowest BCUT2D eigenvalue weighted by Gasteiger charge is -2.38. The molecule has 6 nitrogen and oxygen atoms in total. The number of carbonyl (C=O) groups excluding carboxylic acids is 2. The zero-order valence-electron chi connectivity index (χ0n) is 18.1. The number of benzene rings is 2. The maximum Gasteiger partial charge on any atom is 0.265 e. The third-order valence-corrected chi connectivity index (χ3v) is 5.48. The molecule has 0 radical (unpaired) electrons. The highest BCUT2D eigenvalue weighted by atomic mass is 35.5. The average molecular weight is 444 g/mol. The molecule has 166 valence electrons. The van der Waals surface area contributed by atoms with Crippen molar-refractivity contribution >= 4 is 34.8 Å². The Kier molecular flexibility index (Phi) is 8.18. The summed E-state index contributed by atoms with van der Waals surface area (Å²) in [4.78, 5) is 29.4. The molecule has 2 aromatic rings. The molecule has 0 bridgehead atoms. The summed E-state index contributed by atoms with van der Waals surface area (Å²) in [5.74, 6) is 0.456. The highest BCUT2D eigenvalue weighted by Crippen LogP contribution is 2.33. The summed E-state index contributed by atoms with van der Waals surface area (Å²) in [6.45, 7) is 6.01. The van der Waals surface area contributed by atoms with Crippen LogP contribution in [0.2, 0.25) is 5.02 Å². The fourth-order valence-electron chi connectivity index (χ4n) is 3.84. The van der Waals surface area contributed by atoms with Crippen molar-refractivity contribution in [1.29, 1.82) is 0 Å². The SMILES string of the molecule is CC.O=C(CN1CC(C(=O)N2CCCCC2)Oc2ccccc21)Nc1cccc(Cl)c1. The predicted octanol–water partition coefficient (Wildman–Crippen LogP) is 4.58. The van der Waals surface area contributed by atoms with Crippen molar-refractivity contribution in [2.24, 2.45) is 0 Å². The van der Waals surface area contributed by atoms with Gasteiger partial charge in [-0.3, -0.25) is 9.59 Å².